The molecule has 1 aromatic heterocycles. The summed E-state index contributed by atoms with van der Waals surface area (Å²) in [6, 6.07) is 7.16. The number of nitrogens with zero attached hydrogens (tertiary/aromatic N) is 2. The number of anilines is 1. The number of nitrogens with two attached hydrogens (primary N) is 1. The fourth-order valence-electron chi connectivity index (χ4n) is 1.25. The van der Waals surface area contributed by atoms with Crippen molar-refractivity contribution in [3.63, 3.8) is 0 Å². The lowest BCUT2D eigenvalue weighted by molar-refractivity contribution is 0.454. The zero-order chi connectivity index (χ0) is 11.5. The van der Waals surface area contributed by atoms with Crippen molar-refractivity contribution in [3.05, 3.63) is 40.5 Å². The van der Waals surface area contributed by atoms with Crippen LogP contribution in [0.15, 0.2) is 34.9 Å². The predicted octanol–water partition coefficient (Wildman–Crippen LogP) is 2.92. The molecule has 2 N–H and O–H groups in total. The second-order valence-corrected chi connectivity index (χ2v) is 4.31. The Morgan fingerprint density at radius 1 is 1.25 bits per heavy atom. The van der Waals surface area contributed by atoms with Crippen LogP contribution in [0.25, 0.3) is 0 Å². The third-order valence-corrected chi connectivity index (χ3v) is 2.34. The molecular formula is C11H10BrN3O. The van der Waals surface area contributed by atoms with E-state index in [-0.39, 0.29) is 0 Å². The Kier molecular flexibility index (Phi) is 3.05. The van der Waals surface area contributed by atoms with Crippen molar-refractivity contribution in [1.82, 2.24) is 10.2 Å². The summed E-state index contributed by atoms with van der Waals surface area (Å²) in [5.74, 6) is 1.09. The maximum Gasteiger partial charge on any atom is 0.239 e. The Labute approximate surface area is 102 Å². The Hall–Kier alpha value is -1.62. The minimum absolute atomic E-state index is 0.456. The molecule has 0 amide bonds. The number of halogens is 1. The number of aromatic nitrogens is 2. The molecule has 0 spiro atoms. The van der Waals surface area contributed by atoms with Gasteiger partial charge in [0.05, 0.1) is 6.20 Å². The zero-order valence-electron chi connectivity index (χ0n) is 8.64. The van der Waals surface area contributed by atoms with Crippen LogP contribution in [0.2, 0.25) is 0 Å². The fraction of sp³-hybridized carbons (Fsp3) is 0.0909. The minimum atomic E-state index is 0.456. The van der Waals surface area contributed by atoms with Gasteiger partial charge in [-0.15, -0.1) is 5.10 Å². The molecule has 1 aromatic carbocycles. The van der Waals surface area contributed by atoms with Gasteiger partial charge in [-0.1, -0.05) is 15.9 Å². The molecule has 0 bridgehead atoms. The van der Waals surface area contributed by atoms with Gasteiger partial charge in [0.15, 0.2) is 0 Å². The van der Waals surface area contributed by atoms with Crippen molar-refractivity contribution in [2.24, 2.45) is 0 Å². The Balaban J connectivity index is 2.27. The topological polar surface area (TPSA) is 61.0 Å². The first kappa shape index (κ1) is 10.9. The average molecular weight is 280 g/mol. The first-order valence-electron chi connectivity index (χ1n) is 4.67. The number of hydrogen-bond acceptors (Lipinski definition) is 4. The highest BCUT2D eigenvalue weighted by Gasteiger charge is 2.02. The molecule has 1 heterocycles. The third kappa shape index (κ3) is 2.70. The Bertz CT molecular complexity index is 496. The Morgan fingerprint density at radius 2 is 2.06 bits per heavy atom. The molecule has 0 aliphatic rings. The number of nitrogen functional groups attached to an aromatic ring is 1. The average Bonchev–Trinajstić information content (AvgIpc) is 2.15. The fourth-order valence-corrected chi connectivity index (χ4v) is 1.74. The smallest absolute Gasteiger partial charge is 0.239 e. The van der Waals surface area contributed by atoms with Crippen molar-refractivity contribution in [3.8, 4) is 11.6 Å². The first-order chi connectivity index (χ1) is 7.63. The molecule has 0 atom stereocenters. The molecule has 0 aliphatic carbocycles. The van der Waals surface area contributed by atoms with Crippen LogP contribution in [0, 0.1) is 6.92 Å². The number of rotatable bonds is 2. The van der Waals surface area contributed by atoms with Crippen molar-refractivity contribution in [2.75, 3.05) is 5.73 Å². The van der Waals surface area contributed by atoms with Crippen LogP contribution in [-0.2, 0) is 0 Å². The van der Waals surface area contributed by atoms with Gasteiger partial charge in [-0.2, -0.15) is 5.10 Å². The lowest BCUT2D eigenvalue weighted by Gasteiger charge is -2.05. The molecular weight excluding hydrogens is 270 g/mol. The molecule has 0 saturated carbocycles. The van der Waals surface area contributed by atoms with E-state index in [0.717, 1.165) is 10.0 Å². The molecule has 2 rings (SSSR count). The van der Waals surface area contributed by atoms with Gasteiger partial charge in [0.1, 0.15) is 5.75 Å². The third-order valence-electron chi connectivity index (χ3n) is 1.88. The summed E-state index contributed by atoms with van der Waals surface area (Å²) < 4.78 is 6.40. The SMILES string of the molecule is Cc1cnnc(Oc2cc(N)cc(Br)c2)c1. The highest BCUT2D eigenvalue weighted by molar-refractivity contribution is 9.10. The molecule has 0 saturated heterocycles. The summed E-state index contributed by atoms with van der Waals surface area (Å²) in [4.78, 5) is 0. The molecule has 0 unspecified atom stereocenters. The summed E-state index contributed by atoms with van der Waals surface area (Å²) in [5, 5.41) is 7.67. The highest BCUT2D eigenvalue weighted by Crippen LogP contribution is 2.26. The van der Waals surface area contributed by atoms with Crippen LogP contribution >= 0.6 is 15.9 Å². The standard InChI is InChI=1S/C11H10BrN3O/c1-7-2-11(15-14-6-7)16-10-4-8(12)3-9(13)5-10/h2-6H,13H2,1H3. The van der Waals surface area contributed by atoms with Crippen molar-refractivity contribution in [1.29, 1.82) is 0 Å². The second-order valence-electron chi connectivity index (χ2n) is 3.39. The van der Waals surface area contributed by atoms with E-state index in [0.29, 0.717) is 17.3 Å². The second kappa shape index (κ2) is 4.49. The predicted molar refractivity (Wildman–Crippen MR) is 65.4 cm³/mol. The van der Waals surface area contributed by atoms with Gasteiger partial charge in [-0.05, 0) is 24.6 Å². The van der Waals surface area contributed by atoms with E-state index in [1.807, 2.05) is 19.1 Å². The molecule has 5 heteroatoms. The van der Waals surface area contributed by atoms with E-state index in [2.05, 4.69) is 26.1 Å². The largest absolute Gasteiger partial charge is 0.437 e. The van der Waals surface area contributed by atoms with Gasteiger partial charge in [0, 0.05) is 22.3 Å². The van der Waals surface area contributed by atoms with Gasteiger partial charge in [-0.25, -0.2) is 0 Å². The lowest BCUT2D eigenvalue weighted by atomic mass is 10.3. The molecule has 16 heavy (non-hydrogen) atoms. The van der Waals surface area contributed by atoms with Crippen LogP contribution in [-0.4, -0.2) is 10.2 Å². The van der Waals surface area contributed by atoms with E-state index in [1.54, 1.807) is 18.3 Å². The van der Waals surface area contributed by atoms with Gasteiger partial charge in [-0.3, -0.25) is 0 Å². The summed E-state index contributed by atoms with van der Waals surface area (Å²) >= 11 is 3.34. The zero-order valence-corrected chi connectivity index (χ0v) is 10.2. The normalized spacial score (nSPS) is 10.1. The highest BCUT2D eigenvalue weighted by atomic mass is 79.9. The molecule has 82 valence electrons. The first-order valence-corrected chi connectivity index (χ1v) is 5.46. The van der Waals surface area contributed by atoms with Crippen molar-refractivity contribution in [2.45, 2.75) is 6.92 Å². The monoisotopic (exact) mass is 279 g/mol. The van der Waals surface area contributed by atoms with Gasteiger partial charge < -0.3 is 10.5 Å². The van der Waals surface area contributed by atoms with E-state index >= 15 is 0 Å². The van der Waals surface area contributed by atoms with Crippen LogP contribution in [0.4, 0.5) is 5.69 Å². The summed E-state index contributed by atoms with van der Waals surface area (Å²) in [5.41, 5.74) is 7.32. The summed E-state index contributed by atoms with van der Waals surface area (Å²) in [6.07, 6.45) is 1.67. The van der Waals surface area contributed by atoms with E-state index in [1.165, 1.54) is 0 Å². The number of hydrogen-bond donors (Lipinski definition) is 1. The number of ether oxygens (including phenoxy) is 1. The molecule has 4 nitrogen and oxygen atoms in total. The van der Waals surface area contributed by atoms with Crippen LogP contribution in [0.3, 0.4) is 0 Å². The van der Waals surface area contributed by atoms with Crippen LogP contribution < -0.4 is 10.5 Å². The quantitative estimate of drug-likeness (QED) is 0.859. The maximum absolute atomic E-state index is 5.70. The van der Waals surface area contributed by atoms with Gasteiger partial charge in [0.2, 0.25) is 5.88 Å². The van der Waals surface area contributed by atoms with Crippen molar-refractivity contribution < 1.29 is 4.74 Å². The van der Waals surface area contributed by atoms with E-state index in [9.17, 15) is 0 Å². The van der Waals surface area contributed by atoms with Gasteiger partial charge in [0.25, 0.3) is 0 Å². The maximum atomic E-state index is 5.70. The molecule has 2 aromatic rings. The van der Waals surface area contributed by atoms with Crippen LogP contribution in [0.5, 0.6) is 11.6 Å². The number of benzene rings is 1. The summed E-state index contributed by atoms with van der Waals surface area (Å²) in [6.45, 7) is 1.93. The van der Waals surface area contributed by atoms with E-state index in [4.69, 9.17) is 10.5 Å². The lowest BCUT2D eigenvalue weighted by Crippen LogP contribution is -1.92. The number of aryl methyl sites for hydroxylation is 1. The van der Waals surface area contributed by atoms with E-state index < -0.39 is 0 Å². The summed E-state index contributed by atoms with van der Waals surface area (Å²) in [7, 11) is 0. The van der Waals surface area contributed by atoms with Gasteiger partial charge >= 0.3 is 0 Å². The molecule has 0 aliphatic heterocycles. The Morgan fingerprint density at radius 3 is 2.75 bits per heavy atom. The minimum Gasteiger partial charge on any atom is -0.437 e. The molecule has 0 fully saturated rings. The molecule has 0 radical (unpaired) electrons. The van der Waals surface area contributed by atoms with Crippen molar-refractivity contribution >= 4 is 21.6 Å². The van der Waals surface area contributed by atoms with Crippen LogP contribution in [0.1, 0.15) is 5.56 Å².